The molecule has 5 heteroatoms. The summed E-state index contributed by atoms with van der Waals surface area (Å²) in [5.41, 5.74) is 0.0298. The number of ether oxygens (including phenoxy) is 2. The molecule has 0 amide bonds. The van der Waals surface area contributed by atoms with Gasteiger partial charge in [-0.3, -0.25) is 0 Å². The highest BCUT2D eigenvalue weighted by atomic mass is 19.1. The average molecular weight is 214 g/mol. The average Bonchev–Trinajstić information content (AvgIpc) is 2.26. The third kappa shape index (κ3) is 2.37. The monoisotopic (exact) mass is 214 g/mol. The lowest BCUT2D eigenvalue weighted by molar-refractivity contribution is -0.146. The van der Waals surface area contributed by atoms with Gasteiger partial charge in [-0.15, -0.1) is 0 Å². The number of hydrogen-bond donors (Lipinski definition) is 1. The van der Waals surface area contributed by atoms with Crippen LogP contribution in [0, 0.1) is 0 Å². The number of carbonyl (C=O) groups is 1. The Labute approximate surface area is 86.2 Å². The zero-order valence-electron chi connectivity index (χ0n) is 8.36. The Morgan fingerprint density at radius 3 is 2.67 bits per heavy atom. The van der Waals surface area contributed by atoms with Crippen LogP contribution < -0.4 is 4.74 Å². The van der Waals surface area contributed by atoms with Crippen molar-refractivity contribution >= 4 is 5.97 Å². The lowest BCUT2D eigenvalue weighted by Crippen LogP contribution is -2.10. The van der Waals surface area contributed by atoms with Crippen molar-refractivity contribution in [1.82, 2.24) is 0 Å². The minimum absolute atomic E-state index is 0.0298. The number of aromatic hydroxyl groups is 1. The fourth-order valence-electron chi connectivity index (χ4n) is 1.14. The van der Waals surface area contributed by atoms with Gasteiger partial charge in [0, 0.05) is 11.6 Å². The van der Waals surface area contributed by atoms with Crippen molar-refractivity contribution in [2.75, 3.05) is 14.2 Å². The van der Waals surface area contributed by atoms with E-state index < -0.39 is 12.1 Å². The number of phenolic OH excluding ortho intramolecular Hbond substituents is 1. The van der Waals surface area contributed by atoms with Crippen molar-refractivity contribution < 1.29 is 23.8 Å². The third-order valence-electron chi connectivity index (χ3n) is 1.90. The molecule has 0 aliphatic heterocycles. The van der Waals surface area contributed by atoms with Gasteiger partial charge in [-0.05, 0) is 12.1 Å². The summed E-state index contributed by atoms with van der Waals surface area (Å²) < 4.78 is 22.6. The molecule has 1 rings (SSSR count). The number of esters is 1. The van der Waals surface area contributed by atoms with E-state index in [2.05, 4.69) is 4.74 Å². The topological polar surface area (TPSA) is 55.8 Å². The molecule has 0 saturated carbocycles. The van der Waals surface area contributed by atoms with E-state index in [4.69, 9.17) is 9.84 Å². The summed E-state index contributed by atoms with van der Waals surface area (Å²) in [5.74, 6) is -0.959. The van der Waals surface area contributed by atoms with E-state index in [1.54, 1.807) is 0 Å². The van der Waals surface area contributed by atoms with Gasteiger partial charge in [0.2, 0.25) is 6.17 Å². The van der Waals surface area contributed by atoms with Gasteiger partial charge in [0.1, 0.15) is 11.5 Å². The summed E-state index contributed by atoms with van der Waals surface area (Å²) in [6.07, 6.45) is -1.91. The number of phenols is 1. The van der Waals surface area contributed by atoms with Crippen LogP contribution in [0.25, 0.3) is 0 Å². The molecule has 0 aliphatic carbocycles. The molecule has 0 fully saturated rings. The lowest BCUT2D eigenvalue weighted by Gasteiger charge is -2.11. The van der Waals surface area contributed by atoms with Crippen LogP contribution >= 0.6 is 0 Å². The second-order valence-electron chi connectivity index (χ2n) is 2.81. The van der Waals surface area contributed by atoms with E-state index in [1.807, 2.05) is 0 Å². The maximum atomic E-state index is 13.5. The van der Waals surface area contributed by atoms with Crippen molar-refractivity contribution in [2.24, 2.45) is 0 Å². The lowest BCUT2D eigenvalue weighted by atomic mass is 10.1. The maximum Gasteiger partial charge on any atom is 0.345 e. The first kappa shape index (κ1) is 11.3. The molecular formula is C10H11FO4. The number of carbonyl (C=O) groups excluding carboxylic acids is 1. The van der Waals surface area contributed by atoms with Crippen molar-refractivity contribution in [2.45, 2.75) is 6.17 Å². The third-order valence-corrected chi connectivity index (χ3v) is 1.90. The molecule has 0 aromatic heterocycles. The van der Waals surface area contributed by atoms with Crippen molar-refractivity contribution in [3.05, 3.63) is 23.8 Å². The summed E-state index contributed by atoms with van der Waals surface area (Å²) in [4.78, 5) is 11.0. The van der Waals surface area contributed by atoms with Gasteiger partial charge in [0.25, 0.3) is 0 Å². The first-order valence-corrected chi connectivity index (χ1v) is 4.19. The number of alkyl halides is 1. The predicted molar refractivity (Wildman–Crippen MR) is 50.5 cm³/mol. The number of rotatable bonds is 3. The molecule has 0 aliphatic rings. The molecule has 1 aromatic rings. The van der Waals surface area contributed by atoms with Crippen molar-refractivity contribution in [3.8, 4) is 11.5 Å². The first-order chi connectivity index (χ1) is 7.10. The Bertz CT molecular complexity index is 364. The van der Waals surface area contributed by atoms with Crippen molar-refractivity contribution in [3.63, 3.8) is 0 Å². The minimum atomic E-state index is -1.91. The Balaban J connectivity index is 3.07. The van der Waals surface area contributed by atoms with E-state index in [1.165, 1.54) is 25.3 Å². The molecule has 0 bridgehead atoms. The SMILES string of the molecule is COC(=O)C(F)c1ccc(O)cc1OC. The number of halogens is 1. The molecule has 0 radical (unpaired) electrons. The maximum absolute atomic E-state index is 13.5. The van der Waals surface area contributed by atoms with Crippen LogP contribution in [-0.2, 0) is 9.53 Å². The Morgan fingerprint density at radius 2 is 2.13 bits per heavy atom. The van der Waals surface area contributed by atoms with Crippen LogP contribution in [0.1, 0.15) is 11.7 Å². The smallest absolute Gasteiger partial charge is 0.345 e. The normalized spacial score (nSPS) is 11.9. The highest BCUT2D eigenvalue weighted by molar-refractivity contribution is 5.77. The van der Waals surface area contributed by atoms with Crippen LogP contribution in [0.15, 0.2) is 18.2 Å². The van der Waals surface area contributed by atoms with Crippen molar-refractivity contribution in [1.29, 1.82) is 0 Å². The zero-order valence-corrected chi connectivity index (χ0v) is 8.36. The Hall–Kier alpha value is -1.78. The zero-order chi connectivity index (χ0) is 11.4. The van der Waals surface area contributed by atoms with E-state index in [-0.39, 0.29) is 17.1 Å². The van der Waals surface area contributed by atoms with Gasteiger partial charge < -0.3 is 14.6 Å². The second-order valence-corrected chi connectivity index (χ2v) is 2.81. The largest absolute Gasteiger partial charge is 0.508 e. The first-order valence-electron chi connectivity index (χ1n) is 4.19. The van der Waals surface area contributed by atoms with Gasteiger partial charge in [0.15, 0.2) is 0 Å². The standard InChI is InChI=1S/C10H11FO4/c1-14-8-5-6(12)3-4-7(8)9(11)10(13)15-2/h3-5,9,12H,1-2H3. The van der Waals surface area contributed by atoms with E-state index in [9.17, 15) is 9.18 Å². The van der Waals surface area contributed by atoms with Crippen LogP contribution in [0.5, 0.6) is 11.5 Å². The predicted octanol–water partition coefficient (Wildman–Crippen LogP) is 1.58. The van der Waals surface area contributed by atoms with Gasteiger partial charge >= 0.3 is 5.97 Å². The summed E-state index contributed by atoms with van der Waals surface area (Å²) in [5, 5.41) is 9.13. The minimum Gasteiger partial charge on any atom is -0.508 e. The summed E-state index contributed by atoms with van der Waals surface area (Å²) in [6, 6.07) is 3.77. The summed E-state index contributed by atoms with van der Waals surface area (Å²) >= 11 is 0. The van der Waals surface area contributed by atoms with E-state index in [0.29, 0.717) is 0 Å². The molecule has 1 N–H and O–H groups in total. The molecule has 1 atom stereocenters. The Kier molecular flexibility index (Phi) is 3.49. The summed E-state index contributed by atoms with van der Waals surface area (Å²) in [6.45, 7) is 0. The van der Waals surface area contributed by atoms with Crippen LogP contribution in [-0.4, -0.2) is 25.3 Å². The second kappa shape index (κ2) is 4.63. The highest BCUT2D eigenvalue weighted by Crippen LogP contribution is 2.31. The van der Waals surface area contributed by atoms with Gasteiger partial charge in [-0.2, -0.15) is 0 Å². The molecule has 82 valence electrons. The van der Waals surface area contributed by atoms with Crippen LogP contribution in [0.4, 0.5) is 4.39 Å². The number of benzene rings is 1. The molecule has 1 aromatic carbocycles. The number of hydrogen-bond acceptors (Lipinski definition) is 4. The fraction of sp³-hybridized carbons (Fsp3) is 0.300. The van der Waals surface area contributed by atoms with Crippen LogP contribution in [0.3, 0.4) is 0 Å². The molecule has 1 unspecified atom stereocenters. The molecule has 0 spiro atoms. The van der Waals surface area contributed by atoms with Crippen LogP contribution in [0.2, 0.25) is 0 Å². The molecule has 0 heterocycles. The quantitative estimate of drug-likeness (QED) is 0.776. The highest BCUT2D eigenvalue weighted by Gasteiger charge is 2.24. The van der Waals surface area contributed by atoms with E-state index in [0.717, 1.165) is 7.11 Å². The van der Waals surface area contributed by atoms with Gasteiger partial charge in [0.05, 0.1) is 14.2 Å². The molecular weight excluding hydrogens is 203 g/mol. The van der Waals surface area contributed by atoms with Gasteiger partial charge in [-0.25, -0.2) is 9.18 Å². The Morgan fingerprint density at radius 1 is 1.47 bits per heavy atom. The molecule has 4 nitrogen and oxygen atoms in total. The summed E-state index contributed by atoms with van der Waals surface area (Å²) in [7, 11) is 2.42. The van der Waals surface area contributed by atoms with Gasteiger partial charge in [-0.1, -0.05) is 0 Å². The molecule has 15 heavy (non-hydrogen) atoms. The molecule has 0 saturated heterocycles. The van der Waals surface area contributed by atoms with E-state index >= 15 is 0 Å². The fourth-order valence-corrected chi connectivity index (χ4v) is 1.14. The number of methoxy groups -OCH3 is 2.